The second-order valence-corrected chi connectivity index (χ2v) is 7.47. The molecule has 0 spiro atoms. The van der Waals surface area contributed by atoms with Crippen LogP contribution in [0.3, 0.4) is 0 Å². The molecule has 1 atom stereocenters. The molecule has 0 aliphatic heterocycles. The molecule has 3 heterocycles. The number of hydrogen-bond donors (Lipinski definition) is 2. The lowest BCUT2D eigenvalue weighted by atomic mass is 9.83. The molecule has 0 saturated heterocycles. The zero-order valence-corrected chi connectivity index (χ0v) is 17.4. The Hall–Kier alpha value is -4.29. The highest BCUT2D eigenvalue weighted by Crippen LogP contribution is 2.33. The monoisotopic (exact) mass is 448 g/mol. The van der Waals surface area contributed by atoms with E-state index in [0.717, 1.165) is 18.2 Å². The SMILES string of the molecule is Cn1cccc(C(O)(CC#Cc2cc(C(N)=O)cn3nccc23)c2cc(F)ccc2F)c1=O. The molecule has 33 heavy (non-hydrogen) atoms. The maximum absolute atomic E-state index is 14.7. The van der Waals surface area contributed by atoms with Crippen LogP contribution in [0.25, 0.3) is 5.52 Å². The fourth-order valence-corrected chi connectivity index (χ4v) is 3.59. The van der Waals surface area contributed by atoms with Crippen LogP contribution in [-0.2, 0) is 12.6 Å². The summed E-state index contributed by atoms with van der Waals surface area (Å²) >= 11 is 0. The van der Waals surface area contributed by atoms with E-state index in [4.69, 9.17) is 5.73 Å². The quantitative estimate of drug-likeness (QED) is 0.467. The molecular weight excluding hydrogens is 430 g/mol. The molecule has 1 amide bonds. The van der Waals surface area contributed by atoms with Crippen LogP contribution in [0.2, 0.25) is 0 Å². The lowest BCUT2D eigenvalue weighted by molar-refractivity contribution is 0.0800. The summed E-state index contributed by atoms with van der Waals surface area (Å²) in [5.74, 6) is 3.23. The van der Waals surface area contributed by atoms with Gasteiger partial charge in [0.2, 0.25) is 5.91 Å². The highest BCUT2D eigenvalue weighted by Gasteiger charge is 2.36. The molecule has 3 N–H and O–H groups in total. The highest BCUT2D eigenvalue weighted by molar-refractivity contribution is 5.93. The van der Waals surface area contributed by atoms with Crippen LogP contribution in [-0.4, -0.2) is 25.2 Å². The normalized spacial score (nSPS) is 12.7. The molecule has 1 aromatic carbocycles. The second kappa shape index (κ2) is 8.33. The number of primary amides is 1. The Kier molecular flexibility index (Phi) is 5.54. The number of fused-ring (bicyclic) bond motifs is 1. The third-order valence-electron chi connectivity index (χ3n) is 5.30. The van der Waals surface area contributed by atoms with E-state index >= 15 is 0 Å². The maximum atomic E-state index is 14.7. The molecular formula is C24H18F2N4O3. The number of pyridine rings is 2. The summed E-state index contributed by atoms with van der Waals surface area (Å²) in [6, 6.07) is 8.63. The van der Waals surface area contributed by atoms with E-state index in [9.17, 15) is 23.5 Å². The first kappa shape index (κ1) is 21.9. The van der Waals surface area contributed by atoms with Crippen LogP contribution < -0.4 is 11.3 Å². The Morgan fingerprint density at radius 3 is 2.76 bits per heavy atom. The molecule has 0 fully saturated rings. The Labute approximate surface area is 186 Å². The minimum absolute atomic E-state index is 0.160. The van der Waals surface area contributed by atoms with Crippen LogP contribution in [0.5, 0.6) is 0 Å². The molecule has 0 radical (unpaired) electrons. The molecule has 0 saturated carbocycles. The molecule has 9 heteroatoms. The van der Waals surface area contributed by atoms with Gasteiger partial charge in [0.25, 0.3) is 5.56 Å². The minimum Gasteiger partial charge on any atom is -0.379 e. The molecule has 0 aliphatic carbocycles. The Bertz CT molecular complexity index is 1510. The third-order valence-corrected chi connectivity index (χ3v) is 5.30. The van der Waals surface area contributed by atoms with Crippen molar-refractivity contribution in [3.63, 3.8) is 0 Å². The molecule has 0 bridgehead atoms. The molecule has 4 rings (SSSR count). The zero-order chi connectivity index (χ0) is 23.8. The van der Waals surface area contributed by atoms with Crippen molar-refractivity contribution in [2.24, 2.45) is 12.8 Å². The number of aromatic nitrogens is 3. The number of carbonyl (C=O) groups excluding carboxylic acids is 1. The average molecular weight is 448 g/mol. The van der Waals surface area contributed by atoms with Crippen molar-refractivity contribution in [1.82, 2.24) is 14.2 Å². The maximum Gasteiger partial charge on any atom is 0.256 e. The number of aliphatic hydroxyl groups is 1. The van der Waals surface area contributed by atoms with Gasteiger partial charge in [-0.15, -0.1) is 0 Å². The molecule has 0 aliphatic rings. The molecule has 4 aromatic rings. The number of halogens is 2. The fraction of sp³-hybridized carbons (Fsp3) is 0.125. The fourth-order valence-electron chi connectivity index (χ4n) is 3.59. The topological polar surface area (TPSA) is 103 Å². The summed E-state index contributed by atoms with van der Waals surface area (Å²) in [6.45, 7) is 0. The molecule has 166 valence electrons. The van der Waals surface area contributed by atoms with E-state index < -0.39 is 40.7 Å². The van der Waals surface area contributed by atoms with E-state index in [-0.39, 0.29) is 11.1 Å². The van der Waals surface area contributed by atoms with Crippen molar-refractivity contribution < 1.29 is 18.7 Å². The van der Waals surface area contributed by atoms with Crippen LogP contribution in [0, 0.1) is 23.5 Å². The Morgan fingerprint density at radius 2 is 2.00 bits per heavy atom. The van der Waals surface area contributed by atoms with Gasteiger partial charge in [-0.1, -0.05) is 11.8 Å². The lowest BCUT2D eigenvalue weighted by Crippen LogP contribution is -2.36. The first-order chi connectivity index (χ1) is 15.7. The van der Waals surface area contributed by atoms with Gasteiger partial charge in [-0.05, 0) is 42.5 Å². The highest BCUT2D eigenvalue weighted by atomic mass is 19.1. The van der Waals surface area contributed by atoms with Crippen molar-refractivity contribution >= 4 is 11.4 Å². The predicted octanol–water partition coefficient (Wildman–Crippen LogP) is 2.09. The first-order valence-electron chi connectivity index (χ1n) is 9.81. The van der Waals surface area contributed by atoms with E-state index in [2.05, 4.69) is 16.9 Å². The molecule has 3 aromatic heterocycles. The molecule has 1 unspecified atom stereocenters. The zero-order valence-electron chi connectivity index (χ0n) is 17.4. The van der Waals surface area contributed by atoms with Gasteiger partial charge in [0.15, 0.2) is 0 Å². The number of nitrogens with two attached hydrogens (primary N) is 1. The van der Waals surface area contributed by atoms with E-state index in [1.807, 2.05) is 0 Å². The average Bonchev–Trinajstić information content (AvgIpc) is 3.26. The van der Waals surface area contributed by atoms with Gasteiger partial charge in [-0.3, -0.25) is 9.59 Å². The summed E-state index contributed by atoms with van der Waals surface area (Å²) in [5, 5.41) is 15.6. The Morgan fingerprint density at radius 1 is 1.21 bits per heavy atom. The van der Waals surface area contributed by atoms with Crippen molar-refractivity contribution in [3.05, 3.63) is 105 Å². The number of hydrogen-bond acceptors (Lipinski definition) is 4. The predicted molar refractivity (Wildman–Crippen MR) is 116 cm³/mol. The van der Waals surface area contributed by atoms with Gasteiger partial charge < -0.3 is 15.4 Å². The summed E-state index contributed by atoms with van der Waals surface area (Å²) < 4.78 is 31.3. The van der Waals surface area contributed by atoms with Gasteiger partial charge in [-0.2, -0.15) is 5.10 Å². The van der Waals surface area contributed by atoms with Gasteiger partial charge in [0.05, 0.1) is 28.4 Å². The third kappa shape index (κ3) is 4.00. The number of nitrogens with zero attached hydrogens (tertiary/aromatic N) is 3. The van der Waals surface area contributed by atoms with E-state index in [0.29, 0.717) is 11.1 Å². The second-order valence-electron chi connectivity index (χ2n) is 7.47. The Balaban J connectivity index is 1.87. The van der Waals surface area contributed by atoms with E-state index in [1.165, 1.54) is 52.9 Å². The standard InChI is InChI=1S/C24H18F2N4O3/c1-29-11-3-5-18(23(29)32)24(33,19-13-17(25)6-7-20(19)26)9-2-4-15-12-16(22(27)31)14-30-21(15)8-10-28-30/h3,5-8,10-14,33H,9H2,1H3,(H2,27,31). The number of benzene rings is 1. The van der Waals surface area contributed by atoms with Crippen LogP contribution >= 0.6 is 0 Å². The van der Waals surface area contributed by atoms with E-state index in [1.54, 1.807) is 6.07 Å². The van der Waals surface area contributed by atoms with Crippen molar-refractivity contribution in [2.75, 3.05) is 0 Å². The summed E-state index contributed by atoms with van der Waals surface area (Å²) in [6.07, 6.45) is 4.01. The van der Waals surface area contributed by atoms with Gasteiger partial charge in [0, 0.05) is 31.4 Å². The largest absolute Gasteiger partial charge is 0.379 e. The van der Waals surface area contributed by atoms with Gasteiger partial charge in [0.1, 0.15) is 17.2 Å². The molecule has 7 nitrogen and oxygen atoms in total. The minimum atomic E-state index is -2.24. The summed E-state index contributed by atoms with van der Waals surface area (Å²) in [4.78, 5) is 24.4. The number of rotatable bonds is 4. The number of carbonyl (C=O) groups is 1. The lowest BCUT2D eigenvalue weighted by Gasteiger charge is -2.27. The smallest absolute Gasteiger partial charge is 0.256 e. The summed E-state index contributed by atoms with van der Waals surface area (Å²) in [7, 11) is 1.48. The summed E-state index contributed by atoms with van der Waals surface area (Å²) in [5.41, 5.74) is 3.09. The van der Waals surface area contributed by atoms with Gasteiger partial charge >= 0.3 is 0 Å². The van der Waals surface area contributed by atoms with Crippen LogP contribution in [0.15, 0.2) is 65.8 Å². The van der Waals surface area contributed by atoms with Crippen molar-refractivity contribution in [3.8, 4) is 11.8 Å². The van der Waals surface area contributed by atoms with Crippen molar-refractivity contribution in [1.29, 1.82) is 0 Å². The van der Waals surface area contributed by atoms with Crippen molar-refractivity contribution in [2.45, 2.75) is 12.0 Å². The van der Waals surface area contributed by atoms with Gasteiger partial charge in [-0.25, -0.2) is 13.3 Å². The number of amides is 1. The first-order valence-corrected chi connectivity index (χ1v) is 9.81. The number of aryl methyl sites for hydroxylation is 1. The van der Waals surface area contributed by atoms with Crippen LogP contribution in [0.1, 0.15) is 33.5 Å². The van der Waals surface area contributed by atoms with Crippen LogP contribution in [0.4, 0.5) is 8.78 Å².